The molecule has 1 aliphatic rings. The Morgan fingerprint density at radius 2 is 1.90 bits per heavy atom. The van der Waals surface area contributed by atoms with Crippen LogP contribution in [0.5, 0.6) is 0 Å². The number of unbranched alkanes of at least 4 members (excludes halogenated alkanes) is 3. The Morgan fingerprint density at radius 1 is 1.19 bits per heavy atom. The molecule has 1 rings (SSSR count). The summed E-state index contributed by atoms with van der Waals surface area (Å²) in [7, 11) is 2.23. The number of hydrogen-bond acceptors (Lipinski definition) is 3. The normalized spacial score (nSPS) is 16.7. The molecule has 0 unspecified atom stereocenters. The fourth-order valence-electron chi connectivity index (χ4n) is 3.08. The molecule has 0 bridgehead atoms. The van der Waals surface area contributed by atoms with Crippen molar-refractivity contribution in [1.82, 2.24) is 9.80 Å². The van der Waals surface area contributed by atoms with Crippen molar-refractivity contribution in [2.45, 2.75) is 58.3 Å². The number of hydrogen-bond donors (Lipinski definition) is 1. The number of amides is 1. The summed E-state index contributed by atoms with van der Waals surface area (Å²) in [6.45, 7) is 7.30. The van der Waals surface area contributed by atoms with E-state index in [4.69, 9.17) is 5.73 Å². The Bertz CT molecular complexity index is 275. The lowest BCUT2D eigenvalue weighted by Gasteiger charge is -2.34. The minimum absolute atomic E-state index is 0.352. The molecule has 1 heterocycles. The van der Waals surface area contributed by atoms with Crippen LogP contribution in [0.2, 0.25) is 0 Å². The van der Waals surface area contributed by atoms with Crippen molar-refractivity contribution in [3.63, 3.8) is 0 Å². The number of carbonyl (C=O) groups excluding carboxylic acids is 1. The molecule has 0 saturated carbocycles. The first-order valence-corrected chi connectivity index (χ1v) is 8.83. The van der Waals surface area contributed by atoms with Crippen LogP contribution in [-0.4, -0.2) is 55.5 Å². The Hall–Kier alpha value is -0.610. The van der Waals surface area contributed by atoms with E-state index in [-0.39, 0.29) is 0 Å². The topological polar surface area (TPSA) is 49.6 Å². The van der Waals surface area contributed by atoms with Gasteiger partial charge in [0.25, 0.3) is 0 Å². The quantitative estimate of drug-likeness (QED) is 0.630. The van der Waals surface area contributed by atoms with E-state index in [1.807, 2.05) is 0 Å². The van der Waals surface area contributed by atoms with Gasteiger partial charge in [-0.1, -0.05) is 19.8 Å². The summed E-state index contributed by atoms with van der Waals surface area (Å²) in [4.78, 5) is 16.6. The van der Waals surface area contributed by atoms with Gasteiger partial charge in [-0.25, -0.2) is 0 Å². The minimum atomic E-state index is 0.352. The van der Waals surface area contributed by atoms with Crippen LogP contribution in [-0.2, 0) is 4.79 Å². The van der Waals surface area contributed by atoms with Crippen molar-refractivity contribution >= 4 is 5.91 Å². The third-order valence-electron chi connectivity index (χ3n) is 4.53. The lowest BCUT2D eigenvalue weighted by molar-refractivity contribution is -0.132. The van der Waals surface area contributed by atoms with Crippen molar-refractivity contribution < 1.29 is 4.79 Å². The molecule has 1 amide bonds. The maximum absolute atomic E-state index is 12.1. The molecule has 0 radical (unpaired) electrons. The number of carbonyl (C=O) groups is 1. The number of nitrogens with two attached hydrogens (primary N) is 1. The molecule has 0 aromatic rings. The van der Waals surface area contributed by atoms with Gasteiger partial charge in [0, 0.05) is 26.1 Å². The molecule has 4 heteroatoms. The van der Waals surface area contributed by atoms with Gasteiger partial charge in [0.1, 0.15) is 0 Å². The van der Waals surface area contributed by atoms with E-state index in [0.29, 0.717) is 12.3 Å². The summed E-state index contributed by atoms with van der Waals surface area (Å²) < 4.78 is 0. The summed E-state index contributed by atoms with van der Waals surface area (Å²) in [5, 5.41) is 0. The van der Waals surface area contributed by atoms with Crippen LogP contribution in [0.15, 0.2) is 0 Å². The van der Waals surface area contributed by atoms with Crippen LogP contribution in [0, 0.1) is 5.92 Å². The van der Waals surface area contributed by atoms with Gasteiger partial charge in [0.05, 0.1) is 0 Å². The SMILES string of the molecule is CCCCN(C)CC1CCN(C(=O)CCCCCN)CC1. The van der Waals surface area contributed by atoms with Gasteiger partial charge in [0.2, 0.25) is 5.91 Å². The Balaban J connectivity index is 2.14. The number of likely N-dealkylation sites (tertiary alicyclic amines) is 1. The molecule has 0 aromatic heterocycles. The summed E-state index contributed by atoms with van der Waals surface area (Å²) in [5.74, 6) is 1.12. The summed E-state index contributed by atoms with van der Waals surface area (Å²) in [6.07, 6.45) is 8.73. The van der Waals surface area contributed by atoms with Gasteiger partial charge in [-0.3, -0.25) is 4.79 Å². The van der Waals surface area contributed by atoms with Crippen LogP contribution in [0.4, 0.5) is 0 Å². The van der Waals surface area contributed by atoms with Gasteiger partial charge < -0.3 is 15.5 Å². The largest absolute Gasteiger partial charge is 0.343 e. The molecular weight excluding hydrogens is 262 g/mol. The third-order valence-corrected chi connectivity index (χ3v) is 4.53. The molecule has 1 fully saturated rings. The summed E-state index contributed by atoms with van der Waals surface area (Å²) in [6, 6.07) is 0. The highest BCUT2D eigenvalue weighted by Gasteiger charge is 2.23. The van der Waals surface area contributed by atoms with Gasteiger partial charge >= 0.3 is 0 Å². The minimum Gasteiger partial charge on any atom is -0.343 e. The smallest absolute Gasteiger partial charge is 0.222 e. The first kappa shape index (κ1) is 18.4. The molecule has 0 spiro atoms. The predicted molar refractivity (Wildman–Crippen MR) is 89.2 cm³/mol. The van der Waals surface area contributed by atoms with Crippen LogP contribution in [0.1, 0.15) is 58.3 Å². The van der Waals surface area contributed by atoms with Crippen molar-refractivity contribution in [3.05, 3.63) is 0 Å². The molecular formula is C17H35N3O. The maximum Gasteiger partial charge on any atom is 0.222 e. The van der Waals surface area contributed by atoms with Crippen molar-refractivity contribution in [3.8, 4) is 0 Å². The van der Waals surface area contributed by atoms with E-state index in [1.165, 1.54) is 38.8 Å². The summed E-state index contributed by atoms with van der Waals surface area (Å²) in [5.41, 5.74) is 5.47. The van der Waals surface area contributed by atoms with Gasteiger partial charge in [0.15, 0.2) is 0 Å². The predicted octanol–water partition coefficient (Wildman–Crippen LogP) is 2.48. The molecule has 1 saturated heterocycles. The maximum atomic E-state index is 12.1. The second kappa shape index (κ2) is 11.0. The first-order valence-electron chi connectivity index (χ1n) is 8.83. The number of piperidine rings is 1. The molecule has 2 N–H and O–H groups in total. The van der Waals surface area contributed by atoms with E-state index in [0.717, 1.165) is 44.8 Å². The summed E-state index contributed by atoms with van der Waals surface area (Å²) >= 11 is 0. The van der Waals surface area contributed by atoms with Gasteiger partial charge in [-0.2, -0.15) is 0 Å². The molecule has 21 heavy (non-hydrogen) atoms. The van der Waals surface area contributed by atoms with E-state index in [1.54, 1.807) is 0 Å². The number of nitrogens with zero attached hydrogens (tertiary/aromatic N) is 2. The van der Waals surface area contributed by atoms with Crippen LogP contribution >= 0.6 is 0 Å². The monoisotopic (exact) mass is 297 g/mol. The molecule has 0 atom stereocenters. The van der Waals surface area contributed by atoms with E-state index >= 15 is 0 Å². The zero-order chi connectivity index (χ0) is 15.5. The van der Waals surface area contributed by atoms with Crippen LogP contribution in [0.25, 0.3) is 0 Å². The zero-order valence-corrected chi connectivity index (χ0v) is 14.1. The second-order valence-electron chi connectivity index (χ2n) is 6.54. The lowest BCUT2D eigenvalue weighted by Crippen LogP contribution is -2.41. The number of rotatable bonds is 10. The average molecular weight is 297 g/mol. The van der Waals surface area contributed by atoms with E-state index in [9.17, 15) is 4.79 Å². The highest BCUT2D eigenvalue weighted by atomic mass is 16.2. The molecule has 0 aromatic carbocycles. The molecule has 4 nitrogen and oxygen atoms in total. The highest BCUT2D eigenvalue weighted by Crippen LogP contribution is 2.19. The Labute approximate surface area is 131 Å². The fraction of sp³-hybridized carbons (Fsp3) is 0.941. The van der Waals surface area contributed by atoms with Crippen molar-refractivity contribution in [1.29, 1.82) is 0 Å². The molecule has 0 aliphatic carbocycles. The fourth-order valence-corrected chi connectivity index (χ4v) is 3.08. The highest BCUT2D eigenvalue weighted by molar-refractivity contribution is 5.76. The first-order chi connectivity index (χ1) is 10.2. The molecule has 124 valence electrons. The Kier molecular flexibility index (Phi) is 9.68. The van der Waals surface area contributed by atoms with Crippen molar-refractivity contribution in [2.24, 2.45) is 11.7 Å². The van der Waals surface area contributed by atoms with Crippen LogP contribution < -0.4 is 5.73 Å². The van der Waals surface area contributed by atoms with E-state index < -0.39 is 0 Å². The second-order valence-corrected chi connectivity index (χ2v) is 6.54. The van der Waals surface area contributed by atoms with Crippen LogP contribution in [0.3, 0.4) is 0 Å². The molecule has 1 aliphatic heterocycles. The Morgan fingerprint density at radius 3 is 2.52 bits per heavy atom. The van der Waals surface area contributed by atoms with E-state index in [2.05, 4.69) is 23.8 Å². The van der Waals surface area contributed by atoms with Gasteiger partial charge in [-0.15, -0.1) is 0 Å². The van der Waals surface area contributed by atoms with Gasteiger partial charge in [-0.05, 0) is 58.2 Å². The third kappa shape index (κ3) is 7.82. The lowest BCUT2D eigenvalue weighted by atomic mass is 9.96. The van der Waals surface area contributed by atoms with Crippen molar-refractivity contribution in [2.75, 3.05) is 39.8 Å². The zero-order valence-electron chi connectivity index (χ0n) is 14.1. The average Bonchev–Trinajstić information content (AvgIpc) is 2.50. The standard InChI is InChI=1S/C17H35N3O/c1-3-4-12-19(2)15-16-9-13-20(14-10-16)17(21)8-6-5-7-11-18/h16H,3-15,18H2,1-2H3.